The third-order valence-corrected chi connectivity index (χ3v) is 5.22. The molecule has 0 heterocycles. The minimum atomic E-state index is -0.383. The Balaban J connectivity index is 1.46. The van der Waals surface area contributed by atoms with Gasteiger partial charge in [-0.05, 0) is 62.6 Å². The standard InChI is InChI=1S/C20H29NO3/c22-19-11-4-3-10-18(19)21-20(23)13-12-15-6-5-9-17(14-15)24-16-7-1-2-8-16/h5-6,9,14,16,18-19,22H,1-4,7-8,10-13H2,(H,21,23). The Morgan fingerprint density at radius 2 is 1.88 bits per heavy atom. The van der Waals surface area contributed by atoms with Crippen LogP contribution in [0.15, 0.2) is 24.3 Å². The van der Waals surface area contributed by atoms with E-state index in [0.717, 1.165) is 49.8 Å². The number of aliphatic hydroxyl groups is 1. The van der Waals surface area contributed by atoms with Gasteiger partial charge in [0, 0.05) is 6.42 Å². The molecule has 2 aliphatic carbocycles. The van der Waals surface area contributed by atoms with E-state index in [1.807, 2.05) is 18.2 Å². The number of amides is 1. The molecule has 2 saturated carbocycles. The summed E-state index contributed by atoms with van der Waals surface area (Å²) in [4.78, 5) is 12.1. The first-order chi connectivity index (χ1) is 11.7. The predicted octanol–water partition coefficient (Wildman–Crippen LogP) is 3.36. The minimum Gasteiger partial charge on any atom is -0.490 e. The first kappa shape index (κ1) is 17.3. The number of rotatable bonds is 6. The number of benzene rings is 1. The van der Waals surface area contributed by atoms with Crippen LogP contribution in [0.1, 0.15) is 63.4 Å². The molecule has 0 bridgehead atoms. The quantitative estimate of drug-likeness (QED) is 0.840. The second kappa shape index (κ2) is 8.52. The maximum Gasteiger partial charge on any atom is 0.220 e. The Labute approximate surface area is 144 Å². The van der Waals surface area contributed by atoms with E-state index < -0.39 is 0 Å². The zero-order chi connectivity index (χ0) is 16.8. The summed E-state index contributed by atoms with van der Waals surface area (Å²) in [5.74, 6) is 0.950. The van der Waals surface area contributed by atoms with Gasteiger partial charge in [-0.2, -0.15) is 0 Å². The maximum absolute atomic E-state index is 12.1. The average molecular weight is 331 g/mol. The van der Waals surface area contributed by atoms with Crippen LogP contribution in [-0.4, -0.2) is 29.3 Å². The Bertz CT molecular complexity index is 539. The van der Waals surface area contributed by atoms with Gasteiger partial charge in [0.25, 0.3) is 0 Å². The Hall–Kier alpha value is -1.55. The van der Waals surface area contributed by atoms with Crippen LogP contribution in [0.25, 0.3) is 0 Å². The van der Waals surface area contributed by atoms with Crippen molar-refractivity contribution in [1.29, 1.82) is 0 Å². The van der Waals surface area contributed by atoms with Gasteiger partial charge in [0.2, 0.25) is 5.91 Å². The molecule has 0 aromatic heterocycles. The van der Waals surface area contributed by atoms with Gasteiger partial charge in [0.1, 0.15) is 5.75 Å². The molecule has 3 rings (SSSR count). The number of carbonyl (C=O) groups excluding carboxylic acids is 1. The number of hydrogen-bond acceptors (Lipinski definition) is 3. The molecular weight excluding hydrogens is 302 g/mol. The Morgan fingerprint density at radius 3 is 2.67 bits per heavy atom. The summed E-state index contributed by atoms with van der Waals surface area (Å²) in [6, 6.07) is 8.04. The highest BCUT2D eigenvalue weighted by molar-refractivity contribution is 5.76. The van der Waals surface area contributed by atoms with E-state index in [-0.39, 0.29) is 18.1 Å². The summed E-state index contributed by atoms with van der Waals surface area (Å²) in [6.07, 6.45) is 9.78. The molecule has 1 aromatic carbocycles. The zero-order valence-electron chi connectivity index (χ0n) is 14.4. The van der Waals surface area contributed by atoms with Gasteiger partial charge in [0.15, 0.2) is 0 Å². The minimum absolute atomic E-state index is 0.0306. The number of aliphatic hydroxyl groups excluding tert-OH is 1. The van der Waals surface area contributed by atoms with E-state index in [0.29, 0.717) is 18.9 Å². The molecule has 2 N–H and O–H groups in total. The fourth-order valence-electron chi connectivity index (χ4n) is 3.79. The summed E-state index contributed by atoms with van der Waals surface area (Å²) in [5, 5.41) is 12.9. The SMILES string of the molecule is O=C(CCc1cccc(OC2CCCC2)c1)NC1CCCCC1O. The van der Waals surface area contributed by atoms with Crippen molar-refractivity contribution in [2.75, 3.05) is 0 Å². The van der Waals surface area contributed by atoms with Crippen LogP contribution in [0.3, 0.4) is 0 Å². The van der Waals surface area contributed by atoms with Crippen molar-refractivity contribution in [3.63, 3.8) is 0 Å². The molecule has 0 aliphatic heterocycles. The number of hydrogen-bond donors (Lipinski definition) is 2. The van der Waals surface area contributed by atoms with Crippen LogP contribution >= 0.6 is 0 Å². The van der Waals surface area contributed by atoms with E-state index in [1.54, 1.807) is 0 Å². The van der Waals surface area contributed by atoms with Gasteiger partial charge < -0.3 is 15.2 Å². The van der Waals surface area contributed by atoms with E-state index in [9.17, 15) is 9.90 Å². The van der Waals surface area contributed by atoms with Gasteiger partial charge in [-0.25, -0.2) is 0 Å². The second-order valence-corrected chi connectivity index (χ2v) is 7.20. The lowest BCUT2D eigenvalue weighted by Crippen LogP contribution is -2.45. The van der Waals surface area contributed by atoms with Crippen LogP contribution in [0.2, 0.25) is 0 Å². The normalized spacial score (nSPS) is 24.7. The fourth-order valence-corrected chi connectivity index (χ4v) is 3.79. The molecule has 1 aromatic rings. The predicted molar refractivity (Wildman–Crippen MR) is 94.1 cm³/mol. The summed E-state index contributed by atoms with van der Waals surface area (Å²) in [6.45, 7) is 0. The molecule has 2 aliphatic rings. The van der Waals surface area contributed by atoms with Gasteiger partial charge in [-0.1, -0.05) is 25.0 Å². The van der Waals surface area contributed by atoms with Gasteiger partial charge in [0.05, 0.1) is 18.2 Å². The average Bonchev–Trinajstić information content (AvgIpc) is 3.08. The van der Waals surface area contributed by atoms with Gasteiger partial charge in [-0.3, -0.25) is 4.79 Å². The molecule has 4 nitrogen and oxygen atoms in total. The van der Waals surface area contributed by atoms with Crippen molar-refractivity contribution in [3.05, 3.63) is 29.8 Å². The van der Waals surface area contributed by atoms with Crippen molar-refractivity contribution in [1.82, 2.24) is 5.32 Å². The van der Waals surface area contributed by atoms with E-state index in [1.165, 1.54) is 12.8 Å². The van der Waals surface area contributed by atoms with E-state index in [4.69, 9.17) is 4.74 Å². The Kier molecular flexibility index (Phi) is 6.13. The van der Waals surface area contributed by atoms with Crippen LogP contribution in [-0.2, 0) is 11.2 Å². The molecular formula is C20H29NO3. The highest BCUT2D eigenvalue weighted by atomic mass is 16.5. The molecule has 2 atom stereocenters. The van der Waals surface area contributed by atoms with Crippen molar-refractivity contribution in [2.24, 2.45) is 0 Å². The molecule has 2 unspecified atom stereocenters. The van der Waals surface area contributed by atoms with E-state index in [2.05, 4.69) is 11.4 Å². The van der Waals surface area contributed by atoms with Gasteiger partial charge in [-0.15, -0.1) is 0 Å². The summed E-state index contributed by atoms with van der Waals surface area (Å²) >= 11 is 0. The molecule has 132 valence electrons. The van der Waals surface area contributed by atoms with Gasteiger partial charge >= 0.3 is 0 Å². The highest BCUT2D eigenvalue weighted by Gasteiger charge is 2.24. The monoisotopic (exact) mass is 331 g/mol. The number of ether oxygens (including phenoxy) is 1. The Morgan fingerprint density at radius 1 is 1.12 bits per heavy atom. The third-order valence-electron chi connectivity index (χ3n) is 5.22. The first-order valence-electron chi connectivity index (χ1n) is 9.44. The third kappa shape index (κ3) is 4.97. The topological polar surface area (TPSA) is 58.6 Å². The zero-order valence-corrected chi connectivity index (χ0v) is 14.4. The molecule has 2 fully saturated rings. The molecule has 4 heteroatoms. The van der Waals surface area contributed by atoms with Crippen LogP contribution in [0.4, 0.5) is 0 Å². The van der Waals surface area contributed by atoms with Crippen molar-refractivity contribution < 1.29 is 14.6 Å². The van der Waals surface area contributed by atoms with Crippen molar-refractivity contribution in [2.45, 2.75) is 82.5 Å². The summed E-state index contributed by atoms with van der Waals surface area (Å²) < 4.78 is 6.02. The fraction of sp³-hybridized carbons (Fsp3) is 0.650. The number of nitrogens with one attached hydrogen (secondary N) is 1. The lowest BCUT2D eigenvalue weighted by atomic mass is 9.92. The van der Waals surface area contributed by atoms with Crippen molar-refractivity contribution >= 4 is 5.91 Å². The lowest BCUT2D eigenvalue weighted by Gasteiger charge is -2.28. The van der Waals surface area contributed by atoms with Crippen molar-refractivity contribution in [3.8, 4) is 5.75 Å². The smallest absolute Gasteiger partial charge is 0.220 e. The lowest BCUT2D eigenvalue weighted by molar-refractivity contribution is -0.123. The van der Waals surface area contributed by atoms with E-state index >= 15 is 0 Å². The molecule has 0 radical (unpaired) electrons. The molecule has 0 saturated heterocycles. The molecule has 1 amide bonds. The number of carbonyl (C=O) groups is 1. The van der Waals surface area contributed by atoms with Crippen LogP contribution < -0.4 is 10.1 Å². The molecule has 24 heavy (non-hydrogen) atoms. The summed E-state index contributed by atoms with van der Waals surface area (Å²) in [7, 11) is 0. The van der Waals surface area contributed by atoms with Crippen LogP contribution in [0, 0.1) is 0 Å². The van der Waals surface area contributed by atoms with Crippen LogP contribution in [0.5, 0.6) is 5.75 Å². The first-order valence-corrected chi connectivity index (χ1v) is 9.44. The highest BCUT2D eigenvalue weighted by Crippen LogP contribution is 2.25. The summed E-state index contributed by atoms with van der Waals surface area (Å²) in [5.41, 5.74) is 1.13. The maximum atomic E-state index is 12.1. The number of aryl methyl sites for hydroxylation is 1. The molecule has 0 spiro atoms. The largest absolute Gasteiger partial charge is 0.490 e. The second-order valence-electron chi connectivity index (χ2n) is 7.20.